The van der Waals surface area contributed by atoms with Crippen LogP contribution in [0.1, 0.15) is 40.5 Å². The minimum absolute atomic E-state index is 0.0673. The van der Waals surface area contributed by atoms with Gasteiger partial charge in [-0.15, -0.1) is 0 Å². The zero-order valence-corrected chi connectivity index (χ0v) is 12.4. The number of benzene rings is 1. The van der Waals surface area contributed by atoms with E-state index in [-0.39, 0.29) is 23.5 Å². The van der Waals surface area contributed by atoms with Crippen molar-refractivity contribution in [2.75, 3.05) is 19.8 Å². The molecule has 116 valence electrons. The van der Waals surface area contributed by atoms with Crippen molar-refractivity contribution in [2.45, 2.75) is 19.8 Å². The predicted molar refractivity (Wildman–Crippen MR) is 77.6 cm³/mol. The van der Waals surface area contributed by atoms with Gasteiger partial charge in [0.1, 0.15) is 5.56 Å². The maximum Gasteiger partial charge on any atom is 0.282 e. The molecule has 1 saturated heterocycles. The lowest BCUT2D eigenvalue weighted by atomic mass is 10.00. The molecule has 0 bridgehead atoms. The third-order valence-corrected chi connectivity index (χ3v) is 4.54. The van der Waals surface area contributed by atoms with Gasteiger partial charge < -0.3 is 4.90 Å². The standard InChI is InChI=1S/C15H17N3O4/c1-10-5-7-16(8-6-10)9-17-14(19)11-3-2-4-12(18(21)22)13(11)15(17)20/h2-4,10H,5-9H2,1H3/p+1. The van der Waals surface area contributed by atoms with Gasteiger partial charge in [-0.25, -0.2) is 4.90 Å². The molecule has 2 amide bonds. The second-order valence-corrected chi connectivity index (χ2v) is 6.09. The Hall–Kier alpha value is -2.28. The molecule has 7 heteroatoms. The largest absolute Gasteiger partial charge is 0.317 e. The molecule has 0 aromatic heterocycles. The minimum Gasteiger partial charge on any atom is -0.317 e. The SMILES string of the molecule is CC1CC[NH+](CN2C(=O)c3cccc([N+](=O)[O-])c3C2=O)CC1. The van der Waals surface area contributed by atoms with E-state index >= 15 is 0 Å². The maximum atomic E-state index is 12.5. The molecule has 1 aromatic rings. The molecule has 7 nitrogen and oxygen atoms in total. The Morgan fingerprint density at radius 2 is 1.95 bits per heavy atom. The van der Waals surface area contributed by atoms with Crippen molar-refractivity contribution in [1.29, 1.82) is 0 Å². The van der Waals surface area contributed by atoms with Crippen LogP contribution in [0, 0.1) is 16.0 Å². The summed E-state index contributed by atoms with van der Waals surface area (Å²) in [7, 11) is 0. The van der Waals surface area contributed by atoms with Gasteiger partial charge in [0.25, 0.3) is 17.5 Å². The molecule has 0 aliphatic carbocycles. The van der Waals surface area contributed by atoms with Crippen LogP contribution in [0.4, 0.5) is 5.69 Å². The summed E-state index contributed by atoms with van der Waals surface area (Å²) in [5, 5.41) is 11.1. The first-order valence-electron chi connectivity index (χ1n) is 7.46. The maximum absolute atomic E-state index is 12.5. The highest BCUT2D eigenvalue weighted by molar-refractivity contribution is 6.23. The van der Waals surface area contributed by atoms with E-state index in [4.69, 9.17) is 0 Å². The van der Waals surface area contributed by atoms with Gasteiger partial charge >= 0.3 is 0 Å². The van der Waals surface area contributed by atoms with Crippen molar-refractivity contribution >= 4 is 17.5 Å². The fourth-order valence-corrected chi connectivity index (χ4v) is 3.16. The number of likely N-dealkylation sites (tertiary alicyclic amines) is 1. The van der Waals surface area contributed by atoms with Crippen LogP contribution >= 0.6 is 0 Å². The Balaban J connectivity index is 1.84. The number of carbonyl (C=O) groups excluding carboxylic acids is 2. The highest BCUT2D eigenvalue weighted by atomic mass is 16.6. The molecule has 22 heavy (non-hydrogen) atoms. The van der Waals surface area contributed by atoms with Gasteiger partial charge in [0, 0.05) is 6.07 Å². The van der Waals surface area contributed by atoms with Gasteiger partial charge in [0.2, 0.25) is 0 Å². The van der Waals surface area contributed by atoms with Crippen molar-refractivity contribution < 1.29 is 19.4 Å². The predicted octanol–water partition coefficient (Wildman–Crippen LogP) is 0.463. The van der Waals surface area contributed by atoms with Gasteiger partial charge in [0.15, 0.2) is 6.67 Å². The van der Waals surface area contributed by atoms with E-state index in [0.29, 0.717) is 5.92 Å². The van der Waals surface area contributed by atoms with Gasteiger partial charge in [0.05, 0.1) is 23.6 Å². The van der Waals surface area contributed by atoms with Crippen LogP contribution in [-0.2, 0) is 0 Å². The lowest BCUT2D eigenvalue weighted by molar-refractivity contribution is -0.913. The summed E-state index contributed by atoms with van der Waals surface area (Å²) in [6.07, 6.45) is 2.14. The number of rotatable bonds is 3. The van der Waals surface area contributed by atoms with Crippen LogP contribution in [0.2, 0.25) is 0 Å². The minimum atomic E-state index is -0.608. The number of fused-ring (bicyclic) bond motifs is 1. The number of piperidine rings is 1. The van der Waals surface area contributed by atoms with Crippen molar-refractivity contribution in [1.82, 2.24) is 4.90 Å². The smallest absolute Gasteiger partial charge is 0.282 e. The number of carbonyl (C=O) groups is 2. The summed E-state index contributed by atoms with van der Waals surface area (Å²) in [5.41, 5.74) is -0.216. The second kappa shape index (κ2) is 5.49. The van der Waals surface area contributed by atoms with Gasteiger partial charge in [-0.2, -0.15) is 0 Å². The summed E-state index contributed by atoms with van der Waals surface area (Å²) >= 11 is 0. The number of nitro groups is 1. The van der Waals surface area contributed by atoms with Crippen molar-refractivity contribution in [3.05, 3.63) is 39.4 Å². The molecule has 2 aliphatic rings. The van der Waals surface area contributed by atoms with Gasteiger partial charge in [-0.1, -0.05) is 13.0 Å². The van der Waals surface area contributed by atoms with Crippen LogP contribution in [0.25, 0.3) is 0 Å². The number of quaternary nitrogens is 1. The Morgan fingerprint density at radius 3 is 2.59 bits per heavy atom. The van der Waals surface area contributed by atoms with Crippen molar-refractivity contribution in [2.24, 2.45) is 5.92 Å². The van der Waals surface area contributed by atoms with Crippen LogP contribution in [0.15, 0.2) is 18.2 Å². The van der Waals surface area contributed by atoms with E-state index in [0.717, 1.165) is 30.8 Å². The fraction of sp³-hybridized carbons (Fsp3) is 0.467. The monoisotopic (exact) mass is 304 g/mol. The lowest BCUT2D eigenvalue weighted by Crippen LogP contribution is -3.14. The first kappa shape index (κ1) is 14.6. The van der Waals surface area contributed by atoms with Crippen LogP contribution < -0.4 is 4.90 Å². The number of imide groups is 1. The second-order valence-electron chi connectivity index (χ2n) is 6.09. The quantitative estimate of drug-likeness (QED) is 0.499. The number of hydrogen-bond donors (Lipinski definition) is 1. The average Bonchev–Trinajstić information content (AvgIpc) is 2.74. The number of nitrogens with zero attached hydrogens (tertiary/aromatic N) is 2. The van der Waals surface area contributed by atoms with Crippen LogP contribution in [0.3, 0.4) is 0 Å². The third kappa shape index (κ3) is 2.37. The van der Waals surface area contributed by atoms with Crippen molar-refractivity contribution in [3.63, 3.8) is 0 Å². The van der Waals surface area contributed by atoms with E-state index < -0.39 is 16.7 Å². The summed E-state index contributed by atoms with van der Waals surface area (Å²) < 4.78 is 0. The highest BCUT2D eigenvalue weighted by Crippen LogP contribution is 2.30. The topological polar surface area (TPSA) is 85.0 Å². The third-order valence-electron chi connectivity index (χ3n) is 4.54. The van der Waals surface area contributed by atoms with Gasteiger partial charge in [-0.3, -0.25) is 19.7 Å². The van der Waals surface area contributed by atoms with Crippen LogP contribution in [-0.4, -0.2) is 41.4 Å². The summed E-state index contributed by atoms with van der Waals surface area (Å²) in [4.78, 5) is 37.6. The Labute approximate surface area is 127 Å². The number of amides is 2. The molecule has 0 unspecified atom stereocenters. The average molecular weight is 304 g/mol. The molecular formula is C15H18N3O4+. The summed E-state index contributed by atoms with van der Waals surface area (Å²) in [6, 6.07) is 4.19. The molecule has 0 atom stereocenters. The zero-order valence-electron chi connectivity index (χ0n) is 12.4. The molecule has 1 fully saturated rings. The summed E-state index contributed by atoms with van der Waals surface area (Å²) in [6.45, 7) is 4.31. The zero-order chi connectivity index (χ0) is 15.9. The van der Waals surface area contributed by atoms with Gasteiger partial charge in [-0.05, 0) is 24.8 Å². The summed E-state index contributed by atoms with van der Waals surface area (Å²) in [5.74, 6) is -0.291. The van der Waals surface area contributed by atoms with E-state index in [1.54, 1.807) is 0 Å². The molecule has 2 heterocycles. The molecule has 0 spiro atoms. The fourth-order valence-electron chi connectivity index (χ4n) is 3.16. The molecule has 1 aromatic carbocycles. The van der Waals surface area contributed by atoms with E-state index in [9.17, 15) is 19.7 Å². The van der Waals surface area contributed by atoms with E-state index in [1.165, 1.54) is 23.1 Å². The Bertz CT molecular complexity index is 650. The lowest BCUT2D eigenvalue weighted by Gasteiger charge is -2.29. The Kier molecular flexibility index (Phi) is 3.66. The van der Waals surface area contributed by atoms with Crippen molar-refractivity contribution in [3.8, 4) is 0 Å². The Morgan fingerprint density at radius 1 is 1.27 bits per heavy atom. The molecule has 3 rings (SSSR count). The number of nitrogens with one attached hydrogen (secondary N) is 1. The molecular weight excluding hydrogens is 286 g/mol. The highest BCUT2D eigenvalue weighted by Gasteiger charge is 2.42. The molecule has 1 N–H and O–H groups in total. The molecule has 0 radical (unpaired) electrons. The van der Waals surface area contributed by atoms with E-state index in [1.807, 2.05) is 0 Å². The van der Waals surface area contributed by atoms with Crippen LogP contribution in [0.5, 0.6) is 0 Å². The number of hydrogen-bond acceptors (Lipinski definition) is 4. The van der Waals surface area contributed by atoms with E-state index in [2.05, 4.69) is 6.92 Å². The molecule has 0 saturated carbocycles. The first-order chi connectivity index (χ1) is 10.5. The normalized spacial score (nSPS) is 24.5. The number of nitro benzene ring substituents is 1. The molecule has 2 aliphatic heterocycles. The first-order valence-corrected chi connectivity index (χ1v) is 7.46.